The number of likely N-dealkylation sites (tertiary alicyclic amines) is 1. The van der Waals surface area contributed by atoms with E-state index in [-0.39, 0.29) is 12.4 Å². The number of halogens is 1. The van der Waals surface area contributed by atoms with Crippen LogP contribution in [0.4, 0.5) is 0 Å². The van der Waals surface area contributed by atoms with Gasteiger partial charge in [0.1, 0.15) is 0 Å². The van der Waals surface area contributed by atoms with Gasteiger partial charge >= 0.3 is 0 Å². The van der Waals surface area contributed by atoms with E-state index in [9.17, 15) is 4.79 Å². The second kappa shape index (κ2) is 8.38. The molecule has 1 heterocycles. The smallest absolute Gasteiger partial charge is 0.236 e. The van der Waals surface area contributed by atoms with E-state index in [1.807, 2.05) is 0 Å². The highest BCUT2D eigenvalue weighted by molar-refractivity contribution is 5.85. The van der Waals surface area contributed by atoms with Gasteiger partial charge in [-0.05, 0) is 50.5 Å². The van der Waals surface area contributed by atoms with Gasteiger partial charge in [-0.2, -0.15) is 0 Å². The average molecular weight is 315 g/mol. The van der Waals surface area contributed by atoms with Crippen LogP contribution in [-0.4, -0.2) is 36.5 Å². The van der Waals surface area contributed by atoms with Gasteiger partial charge in [0.25, 0.3) is 0 Å². The molecular weight excluding hydrogens is 284 g/mol. The van der Waals surface area contributed by atoms with Crippen LogP contribution in [0.25, 0.3) is 0 Å². The van der Waals surface area contributed by atoms with Crippen molar-refractivity contribution in [2.75, 3.05) is 19.6 Å². The van der Waals surface area contributed by atoms with E-state index in [0.29, 0.717) is 18.5 Å². The van der Waals surface area contributed by atoms with Crippen molar-refractivity contribution >= 4 is 18.3 Å². The van der Waals surface area contributed by atoms with Crippen LogP contribution < -0.4 is 5.32 Å². The van der Waals surface area contributed by atoms with Gasteiger partial charge in [0.15, 0.2) is 0 Å². The lowest BCUT2D eigenvalue weighted by atomic mass is 9.84. The molecule has 0 aromatic heterocycles. The van der Waals surface area contributed by atoms with E-state index < -0.39 is 0 Å². The molecule has 0 radical (unpaired) electrons. The van der Waals surface area contributed by atoms with Crippen molar-refractivity contribution in [2.24, 2.45) is 11.8 Å². The molecule has 1 N–H and O–H groups in total. The number of nitrogens with zero attached hydrogens (tertiary/aromatic N) is 1. The first-order valence-electron chi connectivity index (χ1n) is 8.83. The summed E-state index contributed by atoms with van der Waals surface area (Å²) in [7, 11) is 0. The van der Waals surface area contributed by atoms with Crippen molar-refractivity contribution in [1.82, 2.24) is 10.2 Å². The van der Waals surface area contributed by atoms with E-state index in [4.69, 9.17) is 0 Å². The Morgan fingerprint density at radius 1 is 0.952 bits per heavy atom. The van der Waals surface area contributed by atoms with Crippen molar-refractivity contribution < 1.29 is 4.79 Å². The van der Waals surface area contributed by atoms with E-state index in [1.54, 1.807) is 0 Å². The topological polar surface area (TPSA) is 32.3 Å². The van der Waals surface area contributed by atoms with Crippen LogP contribution in [-0.2, 0) is 4.79 Å². The zero-order valence-electron chi connectivity index (χ0n) is 13.2. The summed E-state index contributed by atoms with van der Waals surface area (Å²) in [5, 5.41) is 3.36. The van der Waals surface area contributed by atoms with E-state index in [0.717, 1.165) is 24.9 Å². The standard InChI is InChI=1S/C17H30N2O.ClH/c20-17(13-18-12-15-8-9-15)19-10-4-7-16(19)11-14-5-2-1-3-6-14;/h14-16,18H,1-13H2;1H. The first kappa shape index (κ1) is 17.1. The Labute approximate surface area is 135 Å². The molecule has 1 amide bonds. The van der Waals surface area contributed by atoms with Gasteiger partial charge in [-0.3, -0.25) is 4.79 Å². The molecule has 0 bridgehead atoms. The Hall–Kier alpha value is -0.280. The maximum atomic E-state index is 12.4. The van der Waals surface area contributed by atoms with Crippen LogP contribution in [0.15, 0.2) is 0 Å². The van der Waals surface area contributed by atoms with Gasteiger partial charge in [-0.15, -0.1) is 12.4 Å². The summed E-state index contributed by atoms with van der Waals surface area (Å²) >= 11 is 0. The molecule has 3 aliphatic rings. The maximum Gasteiger partial charge on any atom is 0.236 e. The normalized spacial score (nSPS) is 26.7. The van der Waals surface area contributed by atoms with E-state index >= 15 is 0 Å². The summed E-state index contributed by atoms with van der Waals surface area (Å²) in [6.45, 7) is 2.62. The molecule has 4 heteroatoms. The zero-order chi connectivity index (χ0) is 13.8. The fraction of sp³-hybridized carbons (Fsp3) is 0.941. The van der Waals surface area contributed by atoms with Crippen LogP contribution in [0.3, 0.4) is 0 Å². The summed E-state index contributed by atoms with van der Waals surface area (Å²) in [6.07, 6.45) is 13.5. The third kappa shape index (κ3) is 5.14. The van der Waals surface area contributed by atoms with Crippen LogP contribution in [0, 0.1) is 11.8 Å². The van der Waals surface area contributed by atoms with Gasteiger partial charge in [-0.1, -0.05) is 32.1 Å². The second-order valence-corrected chi connectivity index (χ2v) is 7.20. The zero-order valence-corrected chi connectivity index (χ0v) is 14.0. The number of rotatable bonds is 6. The highest BCUT2D eigenvalue weighted by Gasteiger charge is 2.31. The van der Waals surface area contributed by atoms with Crippen molar-refractivity contribution in [2.45, 2.75) is 70.3 Å². The number of hydrogen-bond donors (Lipinski definition) is 1. The molecule has 21 heavy (non-hydrogen) atoms. The number of carbonyl (C=O) groups is 1. The van der Waals surface area contributed by atoms with Crippen molar-refractivity contribution in [3.63, 3.8) is 0 Å². The number of nitrogens with one attached hydrogen (secondary N) is 1. The number of amides is 1. The molecule has 2 aliphatic carbocycles. The molecule has 3 nitrogen and oxygen atoms in total. The van der Waals surface area contributed by atoms with Crippen molar-refractivity contribution in [1.29, 1.82) is 0 Å². The lowest BCUT2D eigenvalue weighted by molar-refractivity contribution is -0.131. The summed E-state index contributed by atoms with van der Waals surface area (Å²) < 4.78 is 0. The third-order valence-electron chi connectivity index (χ3n) is 5.43. The van der Waals surface area contributed by atoms with Crippen molar-refractivity contribution in [3.05, 3.63) is 0 Å². The molecule has 2 saturated carbocycles. The molecule has 0 aromatic carbocycles. The highest BCUT2D eigenvalue weighted by atomic mass is 35.5. The van der Waals surface area contributed by atoms with Crippen LogP contribution in [0.2, 0.25) is 0 Å². The van der Waals surface area contributed by atoms with Gasteiger partial charge in [0.05, 0.1) is 6.54 Å². The first-order chi connectivity index (χ1) is 9.83. The SMILES string of the molecule is Cl.O=C(CNCC1CC1)N1CCCC1CC1CCCCC1. The van der Waals surface area contributed by atoms with Crippen LogP contribution in [0.1, 0.15) is 64.2 Å². The molecule has 122 valence electrons. The lowest BCUT2D eigenvalue weighted by Crippen LogP contribution is -2.42. The number of carbonyl (C=O) groups excluding carboxylic acids is 1. The average Bonchev–Trinajstić information content (AvgIpc) is 3.17. The number of hydrogen-bond acceptors (Lipinski definition) is 2. The van der Waals surface area contributed by atoms with Crippen LogP contribution >= 0.6 is 12.4 Å². The predicted molar refractivity (Wildman–Crippen MR) is 88.8 cm³/mol. The minimum absolute atomic E-state index is 0. The molecule has 3 fully saturated rings. The minimum atomic E-state index is 0. The third-order valence-corrected chi connectivity index (χ3v) is 5.43. The summed E-state index contributed by atoms with van der Waals surface area (Å²) in [5.41, 5.74) is 0. The fourth-order valence-corrected chi connectivity index (χ4v) is 4.02. The fourth-order valence-electron chi connectivity index (χ4n) is 4.02. The summed E-state index contributed by atoms with van der Waals surface area (Å²) in [6, 6.07) is 0.549. The Bertz CT molecular complexity index is 327. The largest absolute Gasteiger partial charge is 0.339 e. The summed E-state index contributed by atoms with van der Waals surface area (Å²) in [4.78, 5) is 14.6. The predicted octanol–water partition coefficient (Wildman–Crippen LogP) is 3.37. The van der Waals surface area contributed by atoms with E-state index in [1.165, 1.54) is 64.2 Å². The Morgan fingerprint density at radius 2 is 1.71 bits per heavy atom. The molecule has 1 unspecified atom stereocenters. The van der Waals surface area contributed by atoms with Crippen molar-refractivity contribution in [3.8, 4) is 0 Å². The molecule has 0 aromatic rings. The second-order valence-electron chi connectivity index (χ2n) is 7.20. The Morgan fingerprint density at radius 3 is 2.43 bits per heavy atom. The molecule has 1 aliphatic heterocycles. The molecule has 0 spiro atoms. The highest BCUT2D eigenvalue weighted by Crippen LogP contribution is 2.32. The first-order valence-corrected chi connectivity index (χ1v) is 8.83. The van der Waals surface area contributed by atoms with Gasteiger partial charge < -0.3 is 10.2 Å². The Kier molecular flexibility index (Phi) is 6.81. The molecule has 3 rings (SSSR count). The lowest BCUT2D eigenvalue weighted by Gasteiger charge is -2.30. The minimum Gasteiger partial charge on any atom is -0.339 e. The quantitative estimate of drug-likeness (QED) is 0.815. The van der Waals surface area contributed by atoms with Crippen LogP contribution in [0.5, 0.6) is 0 Å². The molecule has 1 saturated heterocycles. The maximum absolute atomic E-state index is 12.4. The molecule has 1 atom stereocenters. The van der Waals surface area contributed by atoms with Gasteiger partial charge in [0.2, 0.25) is 5.91 Å². The van der Waals surface area contributed by atoms with Gasteiger partial charge in [-0.25, -0.2) is 0 Å². The summed E-state index contributed by atoms with van der Waals surface area (Å²) in [5.74, 6) is 2.10. The van der Waals surface area contributed by atoms with Gasteiger partial charge in [0, 0.05) is 12.6 Å². The van der Waals surface area contributed by atoms with E-state index in [2.05, 4.69) is 10.2 Å². The monoisotopic (exact) mass is 314 g/mol. The molecular formula is C17H31ClN2O. The Balaban J connectivity index is 0.00000161.